The van der Waals surface area contributed by atoms with Crippen LogP contribution in [0, 0.1) is 0 Å². The molecule has 0 saturated carbocycles. The van der Waals surface area contributed by atoms with Crippen LogP contribution in [-0.4, -0.2) is 31.5 Å². The maximum Gasteiger partial charge on any atom is 0.251 e. The van der Waals surface area contributed by atoms with Crippen molar-refractivity contribution in [3.63, 3.8) is 0 Å². The number of ether oxygens (including phenoxy) is 1. The van der Waals surface area contributed by atoms with Crippen LogP contribution in [0.4, 0.5) is 0 Å². The van der Waals surface area contributed by atoms with E-state index in [2.05, 4.69) is 5.32 Å². The second-order valence-corrected chi connectivity index (χ2v) is 4.91. The van der Waals surface area contributed by atoms with E-state index >= 15 is 0 Å². The Kier molecular flexibility index (Phi) is 4.77. The number of carbonyl (C=O) groups is 1. The fourth-order valence-electron chi connectivity index (χ4n) is 1.96. The Bertz CT molecular complexity index is 566. The summed E-state index contributed by atoms with van der Waals surface area (Å²) in [5, 5.41) is 4.60. The third-order valence-corrected chi connectivity index (χ3v) is 3.15. The summed E-state index contributed by atoms with van der Waals surface area (Å²) in [6.45, 7) is 0.800. The van der Waals surface area contributed by atoms with Gasteiger partial charge in [0.15, 0.2) is 0 Å². The van der Waals surface area contributed by atoms with Crippen LogP contribution >= 0.6 is 11.6 Å². The minimum Gasteiger partial charge on any atom is -0.383 e. The maximum atomic E-state index is 12.2. The summed E-state index contributed by atoms with van der Waals surface area (Å²) in [4.78, 5) is 12.2. The van der Waals surface area contributed by atoms with E-state index in [1.807, 2.05) is 42.5 Å². The number of halogens is 1. The zero-order chi connectivity index (χ0) is 13.7. The summed E-state index contributed by atoms with van der Waals surface area (Å²) in [6, 6.07) is 13.5. The lowest BCUT2D eigenvalue weighted by Gasteiger charge is -2.11. The molecule has 2 rings (SSSR count). The topological polar surface area (TPSA) is 38.3 Å². The molecular formula is C15H16ClNO2. The Morgan fingerprint density at radius 3 is 2.79 bits per heavy atom. The average molecular weight is 278 g/mol. The first-order valence-corrected chi connectivity index (χ1v) is 6.55. The molecule has 0 aliphatic rings. The number of alkyl halides is 1. The van der Waals surface area contributed by atoms with Gasteiger partial charge in [-0.15, -0.1) is 11.6 Å². The van der Waals surface area contributed by atoms with Gasteiger partial charge >= 0.3 is 0 Å². The molecule has 2 aromatic carbocycles. The van der Waals surface area contributed by atoms with E-state index in [0.717, 1.165) is 10.8 Å². The van der Waals surface area contributed by atoms with Crippen LogP contribution < -0.4 is 5.32 Å². The Labute approximate surface area is 117 Å². The van der Waals surface area contributed by atoms with Crippen molar-refractivity contribution in [2.45, 2.75) is 5.38 Å². The highest BCUT2D eigenvalue weighted by Gasteiger charge is 2.11. The lowest BCUT2D eigenvalue weighted by molar-refractivity contribution is 0.0951. The molecule has 1 unspecified atom stereocenters. The smallest absolute Gasteiger partial charge is 0.251 e. The molecule has 0 aliphatic carbocycles. The van der Waals surface area contributed by atoms with Crippen molar-refractivity contribution in [2.24, 2.45) is 0 Å². The third kappa shape index (κ3) is 3.46. The molecule has 0 saturated heterocycles. The first kappa shape index (κ1) is 13.8. The zero-order valence-corrected chi connectivity index (χ0v) is 11.5. The molecule has 0 aliphatic heterocycles. The predicted molar refractivity (Wildman–Crippen MR) is 77.8 cm³/mol. The summed E-state index contributed by atoms with van der Waals surface area (Å²) < 4.78 is 4.93. The van der Waals surface area contributed by atoms with Crippen molar-refractivity contribution in [2.75, 3.05) is 20.3 Å². The SMILES string of the molecule is COCC(Cl)CNC(=O)c1cccc2ccccc12. The lowest BCUT2D eigenvalue weighted by atomic mass is 10.0. The molecular weight excluding hydrogens is 262 g/mol. The summed E-state index contributed by atoms with van der Waals surface area (Å²) in [5.41, 5.74) is 0.666. The zero-order valence-electron chi connectivity index (χ0n) is 10.7. The first-order valence-electron chi connectivity index (χ1n) is 6.11. The highest BCUT2D eigenvalue weighted by molar-refractivity contribution is 6.21. The van der Waals surface area contributed by atoms with Gasteiger partial charge < -0.3 is 10.1 Å². The van der Waals surface area contributed by atoms with Gasteiger partial charge in [0.2, 0.25) is 0 Å². The van der Waals surface area contributed by atoms with Gasteiger partial charge in [-0.05, 0) is 16.8 Å². The number of benzene rings is 2. The molecule has 0 aromatic heterocycles. The van der Waals surface area contributed by atoms with Crippen LogP contribution in [0.25, 0.3) is 10.8 Å². The minimum absolute atomic E-state index is 0.112. The number of fused-ring (bicyclic) bond motifs is 1. The molecule has 0 fully saturated rings. The average Bonchev–Trinajstić information content (AvgIpc) is 2.44. The van der Waals surface area contributed by atoms with E-state index in [4.69, 9.17) is 16.3 Å². The fourth-order valence-corrected chi connectivity index (χ4v) is 2.16. The normalized spacial score (nSPS) is 12.3. The van der Waals surface area contributed by atoms with Gasteiger partial charge in [0.25, 0.3) is 5.91 Å². The van der Waals surface area contributed by atoms with Crippen LogP contribution in [0.1, 0.15) is 10.4 Å². The fraction of sp³-hybridized carbons (Fsp3) is 0.267. The minimum atomic E-state index is -0.219. The molecule has 0 heterocycles. The van der Waals surface area contributed by atoms with Crippen LogP contribution in [-0.2, 0) is 4.74 Å². The van der Waals surface area contributed by atoms with E-state index in [1.165, 1.54) is 0 Å². The van der Waals surface area contributed by atoms with E-state index in [-0.39, 0.29) is 11.3 Å². The van der Waals surface area contributed by atoms with Crippen molar-refractivity contribution in [3.8, 4) is 0 Å². The molecule has 19 heavy (non-hydrogen) atoms. The quantitative estimate of drug-likeness (QED) is 0.854. The number of methoxy groups -OCH3 is 1. The van der Waals surface area contributed by atoms with Gasteiger partial charge in [0, 0.05) is 19.2 Å². The molecule has 3 nitrogen and oxygen atoms in total. The highest BCUT2D eigenvalue weighted by atomic mass is 35.5. The molecule has 1 atom stereocenters. The van der Waals surface area contributed by atoms with Crippen LogP contribution in [0.3, 0.4) is 0 Å². The molecule has 100 valence electrons. The predicted octanol–water partition coefficient (Wildman–Crippen LogP) is 2.82. The van der Waals surface area contributed by atoms with E-state index < -0.39 is 0 Å². The first-order chi connectivity index (χ1) is 9.22. The van der Waals surface area contributed by atoms with Gasteiger partial charge in [0.1, 0.15) is 0 Å². The second kappa shape index (κ2) is 6.55. The Balaban J connectivity index is 2.13. The molecule has 4 heteroatoms. The summed E-state index contributed by atoms with van der Waals surface area (Å²) in [5.74, 6) is -0.112. The number of hydrogen-bond donors (Lipinski definition) is 1. The molecule has 0 spiro atoms. The van der Waals surface area contributed by atoms with Crippen LogP contribution in [0.15, 0.2) is 42.5 Å². The molecule has 0 bridgehead atoms. The standard InChI is InChI=1S/C15H16ClNO2/c1-19-10-12(16)9-17-15(18)14-8-4-6-11-5-2-3-7-13(11)14/h2-8,12H,9-10H2,1H3,(H,17,18). The summed E-state index contributed by atoms with van der Waals surface area (Å²) in [6.07, 6.45) is 0. The number of rotatable bonds is 5. The van der Waals surface area contributed by atoms with Gasteiger partial charge in [-0.1, -0.05) is 36.4 Å². The second-order valence-electron chi connectivity index (χ2n) is 4.29. The van der Waals surface area contributed by atoms with Gasteiger partial charge in [0.05, 0.1) is 12.0 Å². The van der Waals surface area contributed by atoms with E-state index in [0.29, 0.717) is 18.7 Å². The van der Waals surface area contributed by atoms with Crippen LogP contribution in [0.5, 0.6) is 0 Å². The summed E-state index contributed by atoms with van der Waals surface area (Å²) in [7, 11) is 1.59. The van der Waals surface area contributed by atoms with Gasteiger partial charge in [-0.2, -0.15) is 0 Å². The van der Waals surface area contributed by atoms with E-state index in [1.54, 1.807) is 7.11 Å². The highest BCUT2D eigenvalue weighted by Crippen LogP contribution is 2.18. The molecule has 1 N–H and O–H groups in total. The molecule has 0 radical (unpaired) electrons. The van der Waals surface area contributed by atoms with Crippen molar-refractivity contribution in [1.82, 2.24) is 5.32 Å². The van der Waals surface area contributed by atoms with E-state index in [9.17, 15) is 4.79 Å². The van der Waals surface area contributed by atoms with Crippen molar-refractivity contribution in [1.29, 1.82) is 0 Å². The number of nitrogens with one attached hydrogen (secondary N) is 1. The Hall–Kier alpha value is -1.58. The molecule has 1 amide bonds. The van der Waals surface area contributed by atoms with Gasteiger partial charge in [-0.3, -0.25) is 4.79 Å². The van der Waals surface area contributed by atoms with Crippen molar-refractivity contribution in [3.05, 3.63) is 48.0 Å². The van der Waals surface area contributed by atoms with Crippen molar-refractivity contribution < 1.29 is 9.53 Å². The number of hydrogen-bond acceptors (Lipinski definition) is 2. The maximum absolute atomic E-state index is 12.2. The largest absolute Gasteiger partial charge is 0.383 e. The Morgan fingerprint density at radius 1 is 1.26 bits per heavy atom. The number of carbonyl (C=O) groups excluding carboxylic acids is 1. The molecule has 2 aromatic rings. The Morgan fingerprint density at radius 2 is 2.00 bits per heavy atom. The monoisotopic (exact) mass is 277 g/mol. The lowest BCUT2D eigenvalue weighted by Crippen LogP contribution is -2.31. The third-order valence-electron chi connectivity index (χ3n) is 2.87. The summed E-state index contributed by atoms with van der Waals surface area (Å²) >= 11 is 5.99. The van der Waals surface area contributed by atoms with Gasteiger partial charge in [-0.25, -0.2) is 0 Å². The number of amides is 1. The van der Waals surface area contributed by atoms with Crippen LogP contribution in [0.2, 0.25) is 0 Å². The van der Waals surface area contributed by atoms with Crippen molar-refractivity contribution >= 4 is 28.3 Å².